The highest BCUT2D eigenvalue weighted by molar-refractivity contribution is 7.99. The van der Waals surface area contributed by atoms with Crippen LogP contribution in [0.25, 0.3) is 0 Å². The molecule has 2 heterocycles. The van der Waals surface area contributed by atoms with E-state index in [0.717, 1.165) is 23.8 Å². The maximum Gasteiger partial charge on any atom is 0.233 e. The van der Waals surface area contributed by atoms with Gasteiger partial charge in [-0.25, -0.2) is 4.68 Å². The fourth-order valence-electron chi connectivity index (χ4n) is 2.99. The van der Waals surface area contributed by atoms with Crippen LogP contribution in [-0.4, -0.2) is 57.6 Å². The van der Waals surface area contributed by atoms with Crippen molar-refractivity contribution < 1.29 is 4.79 Å². The number of nitrogens with two attached hydrogens (primary N) is 1. The number of nitrogen functional groups attached to an aromatic ring is 1. The van der Waals surface area contributed by atoms with Crippen LogP contribution in [-0.2, 0) is 10.2 Å². The Kier molecular flexibility index (Phi) is 5.86. The molecule has 2 aromatic rings. The van der Waals surface area contributed by atoms with Gasteiger partial charge in [0, 0.05) is 42.3 Å². The highest BCUT2D eigenvalue weighted by atomic mass is 35.5. The highest BCUT2D eigenvalue weighted by Crippen LogP contribution is 2.24. The molecule has 7 nitrogen and oxygen atoms in total. The molecule has 1 aliphatic heterocycles. The molecule has 0 unspecified atom stereocenters. The minimum absolute atomic E-state index is 0.0889. The molecule has 1 aromatic carbocycles. The molecule has 0 aliphatic carbocycles. The third kappa shape index (κ3) is 4.68. The zero-order valence-corrected chi connectivity index (χ0v) is 17.4. The number of anilines is 1. The summed E-state index contributed by atoms with van der Waals surface area (Å²) in [7, 11) is 0. The molecular weight excluding hydrogens is 384 g/mol. The minimum atomic E-state index is -0.193. The van der Waals surface area contributed by atoms with Crippen LogP contribution < -0.4 is 10.7 Å². The summed E-state index contributed by atoms with van der Waals surface area (Å²) in [6, 6.07) is 7.81. The van der Waals surface area contributed by atoms with Crippen molar-refractivity contribution in [3.05, 3.63) is 35.1 Å². The lowest BCUT2D eigenvalue weighted by atomic mass is 9.96. The van der Waals surface area contributed by atoms with Gasteiger partial charge in [0.2, 0.25) is 11.1 Å². The summed E-state index contributed by atoms with van der Waals surface area (Å²) in [5.74, 6) is 7.17. The normalized spacial score (nSPS) is 15.3. The second-order valence-corrected chi connectivity index (χ2v) is 8.94. The van der Waals surface area contributed by atoms with E-state index in [1.54, 1.807) is 0 Å². The summed E-state index contributed by atoms with van der Waals surface area (Å²) >= 11 is 7.39. The van der Waals surface area contributed by atoms with E-state index >= 15 is 0 Å². The van der Waals surface area contributed by atoms with Gasteiger partial charge in [0.25, 0.3) is 0 Å². The quantitative estimate of drug-likeness (QED) is 0.618. The number of aromatic nitrogens is 3. The van der Waals surface area contributed by atoms with Crippen molar-refractivity contribution in [1.29, 1.82) is 0 Å². The van der Waals surface area contributed by atoms with Crippen LogP contribution in [0.2, 0.25) is 5.02 Å². The zero-order chi connectivity index (χ0) is 19.6. The molecule has 27 heavy (non-hydrogen) atoms. The first-order chi connectivity index (χ1) is 12.8. The number of amides is 1. The SMILES string of the molecule is CC(C)(C)c1nnc(SCC(=O)N2CCN(c3cccc(Cl)c3)CC2)n1N. The summed E-state index contributed by atoms with van der Waals surface area (Å²) in [5.41, 5.74) is 0.899. The average Bonchev–Trinajstić information content (AvgIpc) is 3.01. The van der Waals surface area contributed by atoms with Crippen LogP contribution in [0, 0.1) is 0 Å². The lowest BCUT2D eigenvalue weighted by Crippen LogP contribution is -2.49. The molecule has 2 N–H and O–H groups in total. The summed E-state index contributed by atoms with van der Waals surface area (Å²) in [6.45, 7) is 9.04. The molecule has 1 fully saturated rings. The number of carbonyl (C=O) groups excluding carboxylic acids is 1. The molecule has 1 saturated heterocycles. The summed E-state index contributed by atoms with van der Waals surface area (Å²) in [4.78, 5) is 16.7. The molecule has 0 atom stereocenters. The van der Waals surface area contributed by atoms with Crippen LogP contribution in [0.1, 0.15) is 26.6 Å². The molecule has 3 rings (SSSR count). The topological polar surface area (TPSA) is 80.3 Å². The monoisotopic (exact) mass is 408 g/mol. The highest BCUT2D eigenvalue weighted by Gasteiger charge is 2.25. The van der Waals surface area contributed by atoms with Gasteiger partial charge in [-0.05, 0) is 18.2 Å². The number of thioether (sulfide) groups is 1. The number of nitrogens with zero attached hydrogens (tertiary/aromatic N) is 5. The number of halogens is 1. The molecule has 9 heteroatoms. The van der Waals surface area contributed by atoms with Gasteiger partial charge in [0.05, 0.1) is 5.75 Å². The number of hydrogen-bond donors (Lipinski definition) is 1. The number of piperazine rings is 1. The Balaban J connectivity index is 1.52. The van der Waals surface area contributed by atoms with Gasteiger partial charge < -0.3 is 15.6 Å². The average molecular weight is 409 g/mol. The minimum Gasteiger partial charge on any atom is -0.368 e. The van der Waals surface area contributed by atoms with Gasteiger partial charge >= 0.3 is 0 Å². The molecule has 0 bridgehead atoms. The Labute approximate surface area is 168 Å². The Morgan fingerprint density at radius 3 is 2.52 bits per heavy atom. The largest absolute Gasteiger partial charge is 0.368 e. The predicted molar refractivity (Wildman–Crippen MR) is 110 cm³/mol. The van der Waals surface area contributed by atoms with E-state index in [1.807, 2.05) is 49.9 Å². The second kappa shape index (κ2) is 7.98. The number of hydrogen-bond acceptors (Lipinski definition) is 6. The van der Waals surface area contributed by atoms with Crippen molar-refractivity contribution in [1.82, 2.24) is 19.8 Å². The zero-order valence-electron chi connectivity index (χ0n) is 15.9. The predicted octanol–water partition coefficient (Wildman–Crippen LogP) is 2.38. The van der Waals surface area contributed by atoms with Gasteiger partial charge in [0.15, 0.2) is 5.82 Å². The van der Waals surface area contributed by atoms with Gasteiger partial charge in [-0.15, -0.1) is 10.2 Å². The van der Waals surface area contributed by atoms with Gasteiger partial charge in [-0.3, -0.25) is 4.79 Å². The van der Waals surface area contributed by atoms with Gasteiger partial charge in [-0.1, -0.05) is 50.2 Å². The maximum atomic E-state index is 12.6. The Morgan fingerprint density at radius 1 is 1.22 bits per heavy atom. The summed E-state index contributed by atoms with van der Waals surface area (Å²) < 4.78 is 1.48. The number of rotatable bonds is 4. The molecule has 0 spiro atoms. The third-order valence-electron chi connectivity index (χ3n) is 4.47. The van der Waals surface area contributed by atoms with Crippen molar-refractivity contribution in [3.8, 4) is 0 Å². The second-order valence-electron chi connectivity index (χ2n) is 7.56. The smallest absolute Gasteiger partial charge is 0.233 e. The van der Waals surface area contributed by atoms with Crippen molar-refractivity contribution in [2.75, 3.05) is 42.7 Å². The fraction of sp³-hybridized carbons (Fsp3) is 0.500. The first-order valence-corrected chi connectivity index (χ1v) is 10.2. The number of carbonyl (C=O) groups is 1. The van der Waals surface area contributed by atoms with Gasteiger partial charge in [0.1, 0.15) is 0 Å². The first kappa shape index (κ1) is 19.8. The van der Waals surface area contributed by atoms with Crippen molar-refractivity contribution in [3.63, 3.8) is 0 Å². The standard InChI is InChI=1S/C18H25ClN6OS/c1-18(2,3)16-21-22-17(25(16)20)27-12-15(26)24-9-7-23(8-10-24)14-6-4-5-13(19)11-14/h4-6,11H,7-10,12,20H2,1-3H3. The Bertz CT molecular complexity index is 810. The van der Waals surface area contributed by atoms with Crippen LogP contribution in [0.4, 0.5) is 5.69 Å². The summed E-state index contributed by atoms with van der Waals surface area (Å²) in [5, 5.41) is 9.56. The molecule has 1 aliphatic rings. The van der Waals surface area contributed by atoms with E-state index in [1.165, 1.54) is 16.4 Å². The maximum absolute atomic E-state index is 12.6. The van der Waals surface area contributed by atoms with Crippen LogP contribution in [0.5, 0.6) is 0 Å². The van der Waals surface area contributed by atoms with E-state index < -0.39 is 0 Å². The molecular formula is C18H25ClN6OS. The first-order valence-electron chi connectivity index (χ1n) is 8.88. The van der Waals surface area contributed by atoms with E-state index in [9.17, 15) is 4.79 Å². The number of benzene rings is 1. The molecule has 1 amide bonds. The van der Waals surface area contributed by atoms with Crippen LogP contribution in [0.15, 0.2) is 29.4 Å². The van der Waals surface area contributed by atoms with Crippen molar-refractivity contribution in [2.45, 2.75) is 31.3 Å². The van der Waals surface area contributed by atoms with Crippen molar-refractivity contribution >= 4 is 35.0 Å². The van der Waals surface area contributed by atoms with E-state index in [4.69, 9.17) is 17.4 Å². The van der Waals surface area contributed by atoms with Gasteiger partial charge in [-0.2, -0.15) is 0 Å². The molecule has 0 radical (unpaired) electrons. The fourth-order valence-corrected chi connectivity index (χ4v) is 3.94. The lowest BCUT2D eigenvalue weighted by molar-refractivity contribution is -0.128. The molecule has 1 aromatic heterocycles. The van der Waals surface area contributed by atoms with Crippen LogP contribution in [0.3, 0.4) is 0 Å². The van der Waals surface area contributed by atoms with E-state index in [0.29, 0.717) is 29.8 Å². The van der Waals surface area contributed by atoms with E-state index in [-0.39, 0.29) is 11.3 Å². The summed E-state index contributed by atoms with van der Waals surface area (Å²) in [6.07, 6.45) is 0. The Hall–Kier alpha value is -1.93. The molecule has 0 saturated carbocycles. The third-order valence-corrected chi connectivity index (χ3v) is 5.63. The van der Waals surface area contributed by atoms with Crippen LogP contribution >= 0.6 is 23.4 Å². The molecule has 146 valence electrons. The Morgan fingerprint density at radius 2 is 1.93 bits per heavy atom. The lowest BCUT2D eigenvalue weighted by Gasteiger charge is -2.36. The van der Waals surface area contributed by atoms with Crippen molar-refractivity contribution in [2.24, 2.45) is 0 Å². The van der Waals surface area contributed by atoms with E-state index in [2.05, 4.69) is 15.1 Å².